The van der Waals surface area contributed by atoms with Gasteiger partial charge in [-0.3, -0.25) is 0 Å². The van der Waals surface area contributed by atoms with Gasteiger partial charge in [-0.25, -0.2) is 0 Å². The largest absolute Gasteiger partial charge is 0.673 e. The SMILES string of the molecule is CCCCCCCCCCCC[N+](CO)(CCCCCCCCCCCC)CCCCCCCCCCCC.F[B-](F)(F)F. The maximum Gasteiger partial charge on any atom is 0.673 e. The summed E-state index contributed by atoms with van der Waals surface area (Å²) < 4.78 is 40.0. The lowest BCUT2D eigenvalue weighted by Crippen LogP contribution is -2.50. The Morgan fingerprint density at radius 2 is 0.500 bits per heavy atom. The van der Waals surface area contributed by atoms with E-state index in [1.807, 2.05) is 0 Å². The van der Waals surface area contributed by atoms with Crippen molar-refractivity contribution >= 4 is 7.25 Å². The van der Waals surface area contributed by atoms with Crippen molar-refractivity contribution < 1.29 is 26.9 Å². The van der Waals surface area contributed by atoms with Crippen LogP contribution in [0.5, 0.6) is 0 Å². The van der Waals surface area contributed by atoms with Crippen molar-refractivity contribution in [3.63, 3.8) is 0 Å². The van der Waals surface area contributed by atoms with Gasteiger partial charge < -0.3 is 26.9 Å². The zero-order valence-corrected chi connectivity index (χ0v) is 30.0. The van der Waals surface area contributed by atoms with E-state index >= 15 is 0 Å². The first-order chi connectivity index (χ1) is 21.2. The van der Waals surface area contributed by atoms with Crippen LogP contribution in [0.1, 0.15) is 213 Å². The minimum Gasteiger partial charge on any atom is -0.418 e. The molecule has 0 aliphatic heterocycles. The van der Waals surface area contributed by atoms with Crippen molar-refractivity contribution in [2.75, 3.05) is 26.4 Å². The summed E-state index contributed by atoms with van der Waals surface area (Å²) in [7, 11) is -6.00. The molecule has 0 spiro atoms. The number of quaternary nitrogens is 1. The van der Waals surface area contributed by atoms with Gasteiger partial charge in [0.25, 0.3) is 0 Å². The van der Waals surface area contributed by atoms with E-state index in [4.69, 9.17) is 0 Å². The Morgan fingerprint density at radius 3 is 0.659 bits per heavy atom. The first-order valence-corrected chi connectivity index (χ1v) is 19.6. The lowest BCUT2D eigenvalue weighted by atomic mass is 10.0. The molecular weight excluding hydrogens is 561 g/mol. The number of halogens is 4. The van der Waals surface area contributed by atoms with E-state index < -0.39 is 7.25 Å². The van der Waals surface area contributed by atoms with Crippen molar-refractivity contribution in [3.05, 3.63) is 0 Å². The second kappa shape index (κ2) is 35.6. The molecule has 7 heteroatoms. The van der Waals surface area contributed by atoms with Crippen LogP contribution in [-0.2, 0) is 0 Å². The minimum absolute atomic E-state index is 0.367. The summed E-state index contributed by atoms with van der Waals surface area (Å²) >= 11 is 0. The molecule has 0 heterocycles. The van der Waals surface area contributed by atoms with Gasteiger partial charge in [0.1, 0.15) is 0 Å². The van der Waals surface area contributed by atoms with Gasteiger partial charge in [0.15, 0.2) is 6.73 Å². The van der Waals surface area contributed by atoms with Gasteiger partial charge in [-0.1, -0.05) is 175 Å². The van der Waals surface area contributed by atoms with Gasteiger partial charge in [0, 0.05) is 0 Å². The molecular formula is C37H78BF4NO. The highest BCUT2D eigenvalue weighted by Gasteiger charge is 2.25. The molecule has 0 unspecified atom stereocenters. The third-order valence-corrected chi connectivity index (χ3v) is 9.26. The fourth-order valence-corrected chi connectivity index (χ4v) is 6.35. The molecule has 0 aliphatic rings. The molecule has 0 aromatic carbocycles. The fraction of sp³-hybridized carbons (Fsp3) is 1.00. The lowest BCUT2D eigenvalue weighted by molar-refractivity contribution is -0.945. The molecule has 0 rings (SSSR count). The van der Waals surface area contributed by atoms with Crippen molar-refractivity contribution in [2.24, 2.45) is 0 Å². The molecule has 268 valence electrons. The quantitative estimate of drug-likeness (QED) is 0.0244. The summed E-state index contributed by atoms with van der Waals surface area (Å²) in [6.07, 6.45) is 42.0. The Bertz CT molecular complexity index is 470. The van der Waals surface area contributed by atoms with E-state index in [1.165, 1.54) is 212 Å². The van der Waals surface area contributed by atoms with Crippen LogP contribution in [-0.4, -0.2) is 43.2 Å². The van der Waals surface area contributed by atoms with Gasteiger partial charge >= 0.3 is 7.25 Å². The maximum atomic E-state index is 10.6. The molecule has 0 fully saturated rings. The number of unbranched alkanes of at least 4 members (excludes halogenated alkanes) is 27. The third kappa shape index (κ3) is 39.7. The highest BCUT2D eigenvalue weighted by atomic mass is 19.5. The van der Waals surface area contributed by atoms with Gasteiger partial charge in [0.05, 0.1) is 19.6 Å². The molecule has 0 aromatic rings. The maximum absolute atomic E-state index is 10.6. The van der Waals surface area contributed by atoms with Crippen molar-refractivity contribution in [2.45, 2.75) is 213 Å². The van der Waals surface area contributed by atoms with E-state index in [-0.39, 0.29) is 0 Å². The fourth-order valence-electron chi connectivity index (χ4n) is 6.35. The Kier molecular flexibility index (Phi) is 37.0. The molecule has 1 N–H and O–H groups in total. The summed E-state index contributed by atoms with van der Waals surface area (Å²) in [6, 6.07) is 0. The van der Waals surface area contributed by atoms with Gasteiger partial charge in [-0.2, -0.15) is 0 Å². The predicted octanol–water partition coefficient (Wildman–Crippen LogP) is 13.8. The average molecular weight is 640 g/mol. The number of aliphatic hydroxyl groups is 1. The molecule has 0 bridgehead atoms. The van der Waals surface area contributed by atoms with Crippen LogP contribution >= 0.6 is 0 Å². The van der Waals surface area contributed by atoms with E-state index in [9.17, 15) is 22.4 Å². The molecule has 0 radical (unpaired) electrons. The van der Waals surface area contributed by atoms with Crippen LogP contribution in [0.3, 0.4) is 0 Å². The summed E-state index contributed by atoms with van der Waals surface area (Å²) in [5.41, 5.74) is 0. The third-order valence-electron chi connectivity index (χ3n) is 9.26. The molecule has 44 heavy (non-hydrogen) atoms. The zero-order valence-electron chi connectivity index (χ0n) is 30.0. The number of nitrogens with zero attached hydrogens (tertiary/aromatic N) is 1. The van der Waals surface area contributed by atoms with E-state index in [2.05, 4.69) is 20.8 Å². The van der Waals surface area contributed by atoms with E-state index in [0.717, 1.165) is 4.48 Å². The normalized spacial score (nSPS) is 12.0. The van der Waals surface area contributed by atoms with Crippen molar-refractivity contribution in [3.8, 4) is 0 Å². The Hall–Kier alpha value is -0.295. The zero-order chi connectivity index (χ0) is 33.0. The minimum atomic E-state index is -6.00. The first kappa shape index (κ1) is 45.8. The summed E-state index contributed by atoms with van der Waals surface area (Å²) in [4.78, 5) is 0. The molecule has 0 aromatic heterocycles. The Labute approximate surface area is 273 Å². The number of aliphatic hydroxyl groups excluding tert-OH is 1. The van der Waals surface area contributed by atoms with Crippen LogP contribution in [0.4, 0.5) is 17.3 Å². The van der Waals surface area contributed by atoms with Crippen molar-refractivity contribution in [1.29, 1.82) is 0 Å². The van der Waals surface area contributed by atoms with Crippen LogP contribution in [0, 0.1) is 0 Å². The van der Waals surface area contributed by atoms with Crippen molar-refractivity contribution in [1.82, 2.24) is 0 Å². The number of hydrogen-bond donors (Lipinski definition) is 1. The van der Waals surface area contributed by atoms with E-state index in [0.29, 0.717) is 6.73 Å². The smallest absolute Gasteiger partial charge is 0.418 e. The highest BCUT2D eigenvalue weighted by molar-refractivity contribution is 6.50. The molecule has 0 aliphatic carbocycles. The highest BCUT2D eigenvalue weighted by Crippen LogP contribution is 2.19. The lowest BCUT2D eigenvalue weighted by Gasteiger charge is -2.37. The summed E-state index contributed by atoms with van der Waals surface area (Å²) in [6.45, 7) is 10.9. The molecule has 2 nitrogen and oxygen atoms in total. The number of rotatable bonds is 34. The second-order valence-electron chi connectivity index (χ2n) is 13.7. The topological polar surface area (TPSA) is 20.2 Å². The Morgan fingerprint density at radius 1 is 0.341 bits per heavy atom. The van der Waals surface area contributed by atoms with Crippen LogP contribution < -0.4 is 0 Å². The Balaban J connectivity index is 0. The predicted molar refractivity (Wildman–Crippen MR) is 188 cm³/mol. The van der Waals surface area contributed by atoms with Gasteiger partial charge in [-0.05, 0) is 38.5 Å². The molecule has 0 atom stereocenters. The molecule has 0 saturated heterocycles. The molecule has 0 saturated carbocycles. The van der Waals surface area contributed by atoms with Crippen LogP contribution in [0.2, 0.25) is 0 Å². The van der Waals surface area contributed by atoms with Gasteiger partial charge in [0.2, 0.25) is 0 Å². The monoisotopic (exact) mass is 640 g/mol. The first-order valence-electron chi connectivity index (χ1n) is 19.6. The summed E-state index contributed by atoms with van der Waals surface area (Å²) in [5.74, 6) is 0. The van der Waals surface area contributed by atoms with Gasteiger partial charge in [-0.15, -0.1) is 0 Å². The standard InChI is InChI=1S/C37H78NO.BF4/c1-4-7-10-13-16-19-22-25-28-31-34-38(37-39,35-32-29-26-23-20-17-14-11-8-5-2)36-33-30-27-24-21-18-15-12-9-6-3;2-1(3,4)5/h39H,4-37H2,1-3H3;/q+1;-1. The summed E-state index contributed by atoms with van der Waals surface area (Å²) in [5, 5.41) is 10.6. The average Bonchev–Trinajstić information content (AvgIpc) is 2.98. The number of hydrogen-bond acceptors (Lipinski definition) is 1. The van der Waals surface area contributed by atoms with Crippen LogP contribution in [0.25, 0.3) is 0 Å². The second-order valence-corrected chi connectivity index (χ2v) is 13.7. The van der Waals surface area contributed by atoms with E-state index in [1.54, 1.807) is 0 Å². The molecule has 0 amide bonds. The van der Waals surface area contributed by atoms with Crippen LogP contribution in [0.15, 0.2) is 0 Å².